The minimum Gasteiger partial charge on any atom is -0.384 e. The van der Waals surface area contributed by atoms with Crippen molar-refractivity contribution in [1.82, 2.24) is 4.90 Å². The standard InChI is InChI=1S/C14H22FN3/c1-4-8-18(10(2)3)9-11-6-5-7-12(13(11)15)14(16)17/h5-7,10H,4,8-9H2,1-3H3,(H3,16,17). The number of nitrogens with two attached hydrogens (primary N) is 1. The number of benzene rings is 1. The molecule has 100 valence electrons. The van der Waals surface area contributed by atoms with Crippen molar-refractivity contribution in [3.63, 3.8) is 0 Å². The van der Waals surface area contributed by atoms with E-state index in [0.29, 0.717) is 18.2 Å². The summed E-state index contributed by atoms with van der Waals surface area (Å²) in [5.41, 5.74) is 6.15. The van der Waals surface area contributed by atoms with Crippen LogP contribution in [-0.2, 0) is 6.54 Å². The normalized spacial score (nSPS) is 11.2. The first-order valence-corrected chi connectivity index (χ1v) is 6.33. The minimum atomic E-state index is -0.369. The molecule has 0 unspecified atom stereocenters. The summed E-state index contributed by atoms with van der Waals surface area (Å²) in [6, 6.07) is 5.41. The van der Waals surface area contributed by atoms with Crippen LogP contribution in [0.5, 0.6) is 0 Å². The molecule has 0 saturated carbocycles. The third-order valence-electron chi connectivity index (χ3n) is 2.98. The van der Waals surface area contributed by atoms with E-state index in [2.05, 4.69) is 25.7 Å². The number of rotatable bonds is 6. The van der Waals surface area contributed by atoms with E-state index in [1.807, 2.05) is 0 Å². The van der Waals surface area contributed by atoms with Crippen molar-refractivity contribution in [2.45, 2.75) is 39.8 Å². The Labute approximate surface area is 108 Å². The highest BCUT2D eigenvalue weighted by atomic mass is 19.1. The Kier molecular flexibility index (Phi) is 5.28. The smallest absolute Gasteiger partial charge is 0.138 e. The number of amidine groups is 1. The predicted molar refractivity (Wildman–Crippen MR) is 73.3 cm³/mol. The maximum atomic E-state index is 14.1. The van der Waals surface area contributed by atoms with Crippen molar-refractivity contribution in [2.24, 2.45) is 5.73 Å². The monoisotopic (exact) mass is 251 g/mol. The van der Waals surface area contributed by atoms with E-state index < -0.39 is 0 Å². The average molecular weight is 251 g/mol. The second-order valence-corrected chi connectivity index (χ2v) is 4.76. The molecule has 1 aromatic carbocycles. The Morgan fingerprint density at radius 1 is 1.44 bits per heavy atom. The van der Waals surface area contributed by atoms with E-state index >= 15 is 0 Å². The number of nitrogens with zero attached hydrogens (tertiary/aromatic N) is 1. The molecule has 0 aliphatic carbocycles. The van der Waals surface area contributed by atoms with Crippen LogP contribution in [0.25, 0.3) is 0 Å². The van der Waals surface area contributed by atoms with E-state index in [1.165, 1.54) is 0 Å². The molecule has 0 aliphatic rings. The topological polar surface area (TPSA) is 53.1 Å². The largest absolute Gasteiger partial charge is 0.384 e. The molecular weight excluding hydrogens is 229 g/mol. The van der Waals surface area contributed by atoms with Gasteiger partial charge in [-0.15, -0.1) is 0 Å². The van der Waals surface area contributed by atoms with Crippen LogP contribution in [0.15, 0.2) is 18.2 Å². The van der Waals surface area contributed by atoms with E-state index in [9.17, 15) is 4.39 Å². The molecule has 0 fully saturated rings. The lowest BCUT2D eigenvalue weighted by atomic mass is 10.1. The van der Waals surface area contributed by atoms with Crippen LogP contribution in [-0.4, -0.2) is 23.3 Å². The summed E-state index contributed by atoms with van der Waals surface area (Å²) < 4.78 is 14.1. The summed E-state index contributed by atoms with van der Waals surface area (Å²) in [4.78, 5) is 2.21. The molecule has 0 bridgehead atoms. The van der Waals surface area contributed by atoms with Crippen LogP contribution in [0.4, 0.5) is 4.39 Å². The third-order valence-corrected chi connectivity index (χ3v) is 2.98. The maximum Gasteiger partial charge on any atom is 0.138 e. The van der Waals surface area contributed by atoms with Gasteiger partial charge in [0.1, 0.15) is 11.7 Å². The number of hydrogen-bond acceptors (Lipinski definition) is 2. The summed E-state index contributed by atoms with van der Waals surface area (Å²) in [6.45, 7) is 7.79. The molecule has 0 saturated heterocycles. The zero-order valence-electron chi connectivity index (χ0n) is 11.3. The fourth-order valence-electron chi connectivity index (χ4n) is 1.94. The number of hydrogen-bond donors (Lipinski definition) is 2. The first kappa shape index (κ1) is 14.6. The van der Waals surface area contributed by atoms with Gasteiger partial charge in [-0.05, 0) is 32.9 Å². The Bertz CT molecular complexity index is 416. The molecule has 0 aromatic heterocycles. The van der Waals surface area contributed by atoms with Crippen molar-refractivity contribution in [3.8, 4) is 0 Å². The van der Waals surface area contributed by atoms with Crippen LogP contribution in [0.1, 0.15) is 38.3 Å². The van der Waals surface area contributed by atoms with E-state index in [4.69, 9.17) is 11.1 Å². The van der Waals surface area contributed by atoms with Gasteiger partial charge >= 0.3 is 0 Å². The second kappa shape index (κ2) is 6.50. The molecule has 0 atom stereocenters. The molecule has 0 heterocycles. The summed E-state index contributed by atoms with van der Waals surface area (Å²) in [5.74, 6) is -0.590. The maximum absolute atomic E-state index is 14.1. The van der Waals surface area contributed by atoms with Gasteiger partial charge in [-0.1, -0.05) is 19.1 Å². The molecule has 3 nitrogen and oxygen atoms in total. The van der Waals surface area contributed by atoms with Gasteiger partial charge in [0.15, 0.2) is 0 Å². The Balaban J connectivity index is 2.96. The fourth-order valence-corrected chi connectivity index (χ4v) is 1.94. The van der Waals surface area contributed by atoms with Gasteiger partial charge in [0, 0.05) is 18.2 Å². The summed E-state index contributed by atoms with van der Waals surface area (Å²) in [7, 11) is 0. The average Bonchev–Trinajstić information content (AvgIpc) is 2.30. The minimum absolute atomic E-state index is 0.188. The van der Waals surface area contributed by atoms with Crippen LogP contribution in [0, 0.1) is 11.2 Å². The van der Waals surface area contributed by atoms with Gasteiger partial charge in [-0.25, -0.2) is 4.39 Å². The lowest BCUT2D eigenvalue weighted by Gasteiger charge is -2.26. The van der Waals surface area contributed by atoms with Gasteiger partial charge in [0.2, 0.25) is 0 Å². The van der Waals surface area contributed by atoms with Gasteiger partial charge in [0.25, 0.3) is 0 Å². The highest BCUT2D eigenvalue weighted by Crippen LogP contribution is 2.16. The van der Waals surface area contributed by atoms with Crippen LogP contribution in [0.3, 0.4) is 0 Å². The highest BCUT2D eigenvalue weighted by Gasteiger charge is 2.14. The molecule has 0 spiro atoms. The molecule has 1 rings (SSSR count). The number of nitrogen functional groups attached to an aromatic ring is 1. The first-order chi connectivity index (χ1) is 8.47. The van der Waals surface area contributed by atoms with Crippen LogP contribution < -0.4 is 5.73 Å². The molecule has 0 aliphatic heterocycles. The van der Waals surface area contributed by atoms with Crippen molar-refractivity contribution in [1.29, 1.82) is 5.41 Å². The number of halogens is 1. The predicted octanol–water partition coefficient (Wildman–Crippen LogP) is 2.73. The van der Waals surface area contributed by atoms with Crippen LogP contribution >= 0.6 is 0 Å². The molecular formula is C14H22FN3. The van der Waals surface area contributed by atoms with Crippen molar-refractivity contribution < 1.29 is 4.39 Å². The van der Waals surface area contributed by atoms with E-state index in [1.54, 1.807) is 18.2 Å². The summed E-state index contributed by atoms with van der Waals surface area (Å²) >= 11 is 0. The van der Waals surface area contributed by atoms with E-state index in [0.717, 1.165) is 13.0 Å². The number of nitrogens with one attached hydrogen (secondary N) is 1. The second-order valence-electron chi connectivity index (χ2n) is 4.76. The first-order valence-electron chi connectivity index (χ1n) is 6.33. The van der Waals surface area contributed by atoms with Gasteiger partial charge in [-0.3, -0.25) is 10.3 Å². The van der Waals surface area contributed by atoms with Crippen molar-refractivity contribution in [3.05, 3.63) is 35.1 Å². The molecule has 3 N–H and O–H groups in total. The fraction of sp³-hybridized carbons (Fsp3) is 0.500. The lowest BCUT2D eigenvalue weighted by Crippen LogP contribution is -2.31. The third kappa shape index (κ3) is 3.53. The Morgan fingerprint density at radius 2 is 2.11 bits per heavy atom. The van der Waals surface area contributed by atoms with Gasteiger partial charge < -0.3 is 5.73 Å². The molecule has 1 aromatic rings. The van der Waals surface area contributed by atoms with Crippen molar-refractivity contribution in [2.75, 3.05) is 6.54 Å². The van der Waals surface area contributed by atoms with Gasteiger partial charge in [0.05, 0.1) is 5.56 Å². The Morgan fingerprint density at radius 3 is 2.61 bits per heavy atom. The molecule has 0 radical (unpaired) electrons. The van der Waals surface area contributed by atoms with E-state index in [-0.39, 0.29) is 17.2 Å². The molecule has 4 heteroatoms. The summed E-state index contributed by atoms with van der Waals surface area (Å²) in [6.07, 6.45) is 1.03. The molecule has 18 heavy (non-hydrogen) atoms. The lowest BCUT2D eigenvalue weighted by molar-refractivity contribution is 0.210. The quantitative estimate of drug-likeness (QED) is 0.603. The van der Waals surface area contributed by atoms with Crippen LogP contribution in [0.2, 0.25) is 0 Å². The highest BCUT2D eigenvalue weighted by molar-refractivity contribution is 5.95. The summed E-state index contributed by atoms with van der Waals surface area (Å²) in [5, 5.41) is 7.35. The SMILES string of the molecule is CCCN(Cc1cccc(C(=N)N)c1F)C(C)C. The zero-order valence-corrected chi connectivity index (χ0v) is 11.3. The zero-order chi connectivity index (χ0) is 13.7. The Hall–Kier alpha value is -1.42. The van der Waals surface area contributed by atoms with Crippen molar-refractivity contribution >= 4 is 5.84 Å². The molecule has 0 amide bonds. The van der Waals surface area contributed by atoms with Gasteiger partial charge in [-0.2, -0.15) is 0 Å².